The number of likely N-dealkylation sites (tertiary alicyclic amines) is 1. The Morgan fingerprint density at radius 3 is 3.20 bits per heavy atom. The van der Waals surface area contributed by atoms with Gasteiger partial charge in [0.2, 0.25) is 0 Å². The number of aryl methyl sites for hydroxylation is 2. The second-order valence-corrected chi connectivity index (χ2v) is 6.38. The number of aromatic nitrogens is 2. The quantitative estimate of drug-likeness (QED) is 0.913. The highest BCUT2D eigenvalue weighted by molar-refractivity contribution is 5.33. The van der Waals surface area contributed by atoms with Crippen LogP contribution in [0.25, 0.3) is 0 Å². The smallest absolute Gasteiger partial charge is 0.118 e. The summed E-state index contributed by atoms with van der Waals surface area (Å²) in [6, 6.07) is 4.16. The number of nitrogens with one attached hydrogen (secondary N) is 1. The maximum atomic E-state index is 5.73. The van der Waals surface area contributed by atoms with Crippen molar-refractivity contribution in [2.24, 2.45) is 0 Å². The molecule has 1 aliphatic carbocycles. The summed E-state index contributed by atoms with van der Waals surface area (Å²) in [5.74, 6) is 2.09. The fourth-order valence-electron chi connectivity index (χ4n) is 4.02. The average Bonchev–Trinajstić information content (AvgIpc) is 3.11. The third-order valence-corrected chi connectivity index (χ3v) is 4.95. The molecule has 0 radical (unpaired) electrons. The summed E-state index contributed by atoms with van der Waals surface area (Å²) in [5, 5.41) is 7.51. The summed E-state index contributed by atoms with van der Waals surface area (Å²) < 4.78 is 5.73. The zero-order valence-electron chi connectivity index (χ0n) is 12.0. The van der Waals surface area contributed by atoms with Crippen molar-refractivity contribution >= 4 is 0 Å². The summed E-state index contributed by atoms with van der Waals surface area (Å²) in [4.78, 5) is 2.54. The van der Waals surface area contributed by atoms with Crippen molar-refractivity contribution in [3.05, 3.63) is 41.1 Å². The number of hydrogen-bond acceptors (Lipinski definition) is 3. The van der Waals surface area contributed by atoms with Crippen LogP contribution in [0.4, 0.5) is 0 Å². The molecule has 4 rings (SSSR count). The molecule has 1 N–H and O–H groups in total. The summed E-state index contributed by atoms with van der Waals surface area (Å²) >= 11 is 0. The first kappa shape index (κ1) is 12.2. The first-order chi connectivity index (χ1) is 9.75. The van der Waals surface area contributed by atoms with E-state index in [2.05, 4.69) is 27.2 Å². The van der Waals surface area contributed by atoms with Gasteiger partial charge in [-0.2, -0.15) is 5.10 Å². The van der Waals surface area contributed by atoms with E-state index in [1.54, 1.807) is 0 Å². The maximum Gasteiger partial charge on any atom is 0.118 e. The number of hydrogen-bond donors (Lipinski definition) is 1. The molecule has 3 heterocycles. The number of rotatable bonds is 2. The standard InChI is InChI=1S/C16H21N3O/c1-12-3-4-14(20-12)10-19-8-2-6-16(11-19)7-5-13-9-17-18-15(13)16/h3-4,9H,2,5-8,10-11H2,1H3,(H,17,18). The van der Waals surface area contributed by atoms with Crippen molar-refractivity contribution < 1.29 is 4.42 Å². The molecule has 2 aromatic rings. The predicted octanol–water partition coefficient (Wildman–Crippen LogP) is 2.79. The highest BCUT2D eigenvalue weighted by atomic mass is 16.3. The Morgan fingerprint density at radius 2 is 2.35 bits per heavy atom. The lowest BCUT2D eigenvalue weighted by atomic mass is 9.77. The SMILES string of the molecule is Cc1ccc(CN2CCCC3(CCc4cn[nH]c43)C2)o1. The van der Waals surface area contributed by atoms with Crippen LogP contribution in [0.15, 0.2) is 22.7 Å². The molecule has 1 fully saturated rings. The van der Waals surface area contributed by atoms with Crippen molar-refractivity contribution in [1.82, 2.24) is 15.1 Å². The lowest BCUT2D eigenvalue weighted by Crippen LogP contribution is -2.44. The topological polar surface area (TPSA) is 45.1 Å². The van der Waals surface area contributed by atoms with Crippen molar-refractivity contribution in [1.29, 1.82) is 0 Å². The van der Waals surface area contributed by atoms with Gasteiger partial charge in [0.25, 0.3) is 0 Å². The highest BCUT2D eigenvalue weighted by Gasteiger charge is 2.43. The van der Waals surface area contributed by atoms with Crippen molar-refractivity contribution in [2.45, 2.75) is 44.6 Å². The molecule has 1 atom stereocenters. The minimum atomic E-state index is 0.311. The summed E-state index contributed by atoms with van der Waals surface area (Å²) in [5.41, 5.74) is 3.14. The first-order valence-electron chi connectivity index (χ1n) is 7.56. The van der Waals surface area contributed by atoms with Crippen LogP contribution >= 0.6 is 0 Å². The zero-order chi connectivity index (χ0) is 13.6. The zero-order valence-corrected chi connectivity index (χ0v) is 12.0. The van der Waals surface area contributed by atoms with E-state index in [0.717, 1.165) is 24.6 Å². The molecule has 1 aliphatic heterocycles. The fraction of sp³-hybridized carbons (Fsp3) is 0.562. The molecule has 0 aromatic carbocycles. The predicted molar refractivity (Wildman–Crippen MR) is 76.5 cm³/mol. The van der Waals surface area contributed by atoms with Gasteiger partial charge < -0.3 is 4.42 Å². The van der Waals surface area contributed by atoms with E-state index in [4.69, 9.17) is 4.42 Å². The highest BCUT2D eigenvalue weighted by Crippen LogP contribution is 2.44. The van der Waals surface area contributed by atoms with Gasteiger partial charge >= 0.3 is 0 Å². The number of furan rings is 1. The first-order valence-corrected chi connectivity index (χ1v) is 7.56. The Labute approximate surface area is 119 Å². The number of fused-ring (bicyclic) bond motifs is 2. The fourth-order valence-corrected chi connectivity index (χ4v) is 4.02. The molecule has 2 aromatic heterocycles. The van der Waals surface area contributed by atoms with Gasteiger partial charge in [-0.3, -0.25) is 10.00 Å². The van der Waals surface area contributed by atoms with E-state index in [1.807, 2.05) is 13.1 Å². The van der Waals surface area contributed by atoms with Gasteiger partial charge in [-0.15, -0.1) is 0 Å². The van der Waals surface area contributed by atoms with Crippen LogP contribution in [0.5, 0.6) is 0 Å². The number of piperidine rings is 1. The Morgan fingerprint density at radius 1 is 1.40 bits per heavy atom. The second kappa shape index (κ2) is 4.48. The van der Waals surface area contributed by atoms with E-state index < -0.39 is 0 Å². The molecule has 4 nitrogen and oxygen atoms in total. The Kier molecular flexibility index (Phi) is 2.74. The molecule has 4 heteroatoms. The van der Waals surface area contributed by atoms with E-state index in [-0.39, 0.29) is 0 Å². The minimum absolute atomic E-state index is 0.311. The lowest BCUT2D eigenvalue weighted by molar-refractivity contribution is 0.128. The van der Waals surface area contributed by atoms with Crippen molar-refractivity contribution in [2.75, 3.05) is 13.1 Å². The molecule has 0 saturated carbocycles. The van der Waals surface area contributed by atoms with E-state index >= 15 is 0 Å². The van der Waals surface area contributed by atoms with Gasteiger partial charge in [0.1, 0.15) is 11.5 Å². The number of aromatic amines is 1. The summed E-state index contributed by atoms with van der Waals surface area (Å²) in [6.07, 6.45) is 7.01. The third-order valence-electron chi connectivity index (χ3n) is 4.95. The van der Waals surface area contributed by atoms with Crippen molar-refractivity contribution in [3.8, 4) is 0 Å². The number of H-pyrrole nitrogens is 1. The molecule has 0 amide bonds. The van der Waals surface area contributed by atoms with Gasteiger partial charge in [0.05, 0.1) is 12.7 Å². The normalized spacial score (nSPS) is 26.2. The van der Waals surface area contributed by atoms with E-state index in [1.165, 1.54) is 43.5 Å². The molecular weight excluding hydrogens is 250 g/mol. The van der Waals surface area contributed by atoms with E-state index in [0.29, 0.717) is 5.41 Å². The van der Waals surface area contributed by atoms with Gasteiger partial charge in [-0.05, 0) is 56.8 Å². The average molecular weight is 271 g/mol. The molecular formula is C16H21N3O. The molecule has 1 spiro atoms. The maximum absolute atomic E-state index is 5.73. The van der Waals surface area contributed by atoms with Crippen LogP contribution in [0.2, 0.25) is 0 Å². The number of nitrogens with zero attached hydrogens (tertiary/aromatic N) is 2. The molecule has 0 bridgehead atoms. The van der Waals surface area contributed by atoms with Gasteiger partial charge in [0, 0.05) is 17.7 Å². The summed E-state index contributed by atoms with van der Waals surface area (Å²) in [7, 11) is 0. The lowest BCUT2D eigenvalue weighted by Gasteiger charge is -2.40. The molecule has 106 valence electrons. The summed E-state index contributed by atoms with van der Waals surface area (Å²) in [6.45, 7) is 5.24. The van der Waals surface area contributed by atoms with E-state index in [9.17, 15) is 0 Å². The van der Waals surface area contributed by atoms with Gasteiger partial charge in [-0.25, -0.2) is 0 Å². The van der Waals surface area contributed by atoms with Crippen LogP contribution in [-0.2, 0) is 18.4 Å². The van der Waals surface area contributed by atoms with Crippen LogP contribution in [0.3, 0.4) is 0 Å². The van der Waals surface area contributed by atoms with Crippen molar-refractivity contribution in [3.63, 3.8) is 0 Å². The van der Waals surface area contributed by atoms with Crippen LogP contribution < -0.4 is 0 Å². The van der Waals surface area contributed by atoms with Crippen LogP contribution in [-0.4, -0.2) is 28.2 Å². The van der Waals surface area contributed by atoms with Gasteiger partial charge in [0.15, 0.2) is 0 Å². The molecule has 2 aliphatic rings. The second-order valence-electron chi connectivity index (χ2n) is 6.38. The minimum Gasteiger partial charge on any atom is -0.465 e. The van der Waals surface area contributed by atoms with Crippen LogP contribution in [0, 0.1) is 6.92 Å². The molecule has 1 saturated heterocycles. The molecule has 1 unspecified atom stereocenters. The molecule has 20 heavy (non-hydrogen) atoms. The Balaban J connectivity index is 1.54. The Hall–Kier alpha value is -1.55. The Bertz CT molecular complexity index is 615. The van der Waals surface area contributed by atoms with Gasteiger partial charge in [-0.1, -0.05) is 0 Å². The van der Waals surface area contributed by atoms with Crippen LogP contribution in [0.1, 0.15) is 42.0 Å². The monoisotopic (exact) mass is 271 g/mol. The third kappa shape index (κ3) is 1.90. The largest absolute Gasteiger partial charge is 0.465 e.